The lowest BCUT2D eigenvalue weighted by atomic mass is 10.4. The number of amides is 1. The molecule has 0 spiro atoms. The predicted molar refractivity (Wildman–Crippen MR) is 82.1 cm³/mol. The summed E-state index contributed by atoms with van der Waals surface area (Å²) in [4.78, 5) is 13.9. The molecule has 0 aliphatic rings. The lowest BCUT2D eigenvalue weighted by molar-refractivity contribution is -0.127. The average molecular weight is 332 g/mol. The summed E-state index contributed by atoms with van der Waals surface area (Å²) in [5, 5.41) is 0. The highest BCUT2D eigenvalue weighted by molar-refractivity contribution is 7.90. The van der Waals surface area contributed by atoms with Crippen LogP contribution in [0.5, 0.6) is 0 Å². The summed E-state index contributed by atoms with van der Waals surface area (Å²) in [7, 11) is -3.13. The maximum atomic E-state index is 12.1. The van der Waals surface area contributed by atoms with E-state index >= 15 is 0 Å². The quantitative estimate of drug-likeness (QED) is 0.758. The number of sulfone groups is 1. The van der Waals surface area contributed by atoms with Gasteiger partial charge in [0.05, 0.1) is 15.7 Å². The molecule has 0 aliphatic carbocycles. The summed E-state index contributed by atoms with van der Waals surface area (Å²) in [6, 6.07) is 5.73. The number of rotatable bonds is 7. The fourth-order valence-electron chi connectivity index (χ4n) is 1.60. The molecule has 0 fully saturated rings. The van der Waals surface area contributed by atoms with Crippen LogP contribution in [0.25, 0.3) is 0 Å². The van der Waals surface area contributed by atoms with Crippen molar-refractivity contribution in [2.45, 2.75) is 16.2 Å². The molecule has 118 valence electrons. The number of hydrogen-bond acceptors (Lipinski definition) is 5. The third-order valence-electron chi connectivity index (χ3n) is 2.89. The van der Waals surface area contributed by atoms with Gasteiger partial charge in [0.2, 0.25) is 5.91 Å². The van der Waals surface area contributed by atoms with Crippen molar-refractivity contribution >= 4 is 26.5 Å². The van der Waals surface area contributed by atoms with Crippen molar-refractivity contribution in [2.24, 2.45) is 5.73 Å². The van der Waals surface area contributed by atoms with E-state index in [9.17, 15) is 17.4 Å². The number of carbonyl (C=O) groups is 1. The van der Waals surface area contributed by atoms with Crippen molar-refractivity contribution in [1.82, 2.24) is 4.90 Å². The lowest BCUT2D eigenvalue weighted by Crippen LogP contribution is -2.32. The van der Waals surface area contributed by atoms with Crippen molar-refractivity contribution in [1.29, 1.82) is 0 Å². The summed E-state index contributed by atoms with van der Waals surface area (Å²) in [6.07, 6.45) is 1.80. The van der Waals surface area contributed by atoms with E-state index in [-0.39, 0.29) is 16.6 Å². The van der Waals surface area contributed by atoms with Gasteiger partial charge >= 0.3 is 0 Å². The second-order valence-electron chi connectivity index (χ2n) is 4.69. The molecule has 0 bridgehead atoms. The summed E-state index contributed by atoms with van der Waals surface area (Å²) < 4.78 is 34.8. The van der Waals surface area contributed by atoms with Gasteiger partial charge < -0.3 is 10.6 Å². The standard InChI is InChI=1S/C13H20N2O4S2/c1-15(9-3-8-14)13(16)10-20(17)11-4-6-12(7-5-11)21(2,18)19/h4-7H,3,8-10,14H2,1-2H3. The number of nitrogens with two attached hydrogens (primary N) is 1. The highest BCUT2D eigenvalue weighted by Gasteiger charge is 2.15. The minimum atomic E-state index is -3.28. The predicted octanol–water partition coefficient (Wildman–Crippen LogP) is 0.00490. The Bertz CT molecular complexity index is 612. The van der Waals surface area contributed by atoms with Crippen LogP contribution < -0.4 is 5.73 Å². The molecule has 1 amide bonds. The van der Waals surface area contributed by atoms with E-state index in [2.05, 4.69) is 0 Å². The van der Waals surface area contributed by atoms with Crippen molar-refractivity contribution in [3.05, 3.63) is 24.3 Å². The van der Waals surface area contributed by atoms with E-state index in [1.54, 1.807) is 7.05 Å². The Morgan fingerprint density at radius 2 is 1.86 bits per heavy atom. The zero-order chi connectivity index (χ0) is 16.0. The molecular formula is C13H20N2O4S2. The lowest BCUT2D eigenvalue weighted by Gasteiger charge is -2.16. The zero-order valence-corrected chi connectivity index (χ0v) is 13.7. The van der Waals surface area contributed by atoms with Crippen LogP contribution in [0.4, 0.5) is 0 Å². The van der Waals surface area contributed by atoms with Gasteiger partial charge in [0.25, 0.3) is 0 Å². The summed E-state index contributed by atoms with van der Waals surface area (Å²) >= 11 is 0. The monoisotopic (exact) mass is 332 g/mol. The molecule has 1 aromatic rings. The molecule has 6 nitrogen and oxygen atoms in total. The fraction of sp³-hybridized carbons (Fsp3) is 0.462. The Kier molecular flexibility index (Phi) is 6.50. The van der Waals surface area contributed by atoms with Crippen LogP contribution in [0.1, 0.15) is 6.42 Å². The molecule has 0 radical (unpaired) electrons. The summed E-state index contributed by atoms with van der Waals surface area (Å²) in [5.74, 6) is -0.354. The number of nitrogens with zero attached hydrogens (tertiary/aromatic N) is 1. The van der Waals surface area contributed by atoms with Crippen LogP contribution in [0.15, 0.2) is 34.1 Å². The highest BCUT2D eigenvalue weighted by Crippen LogP contribution is 2.13. The molecule has 0 saturated carbocycles. The van der Waals surface area contributed by atoms with E-state index in [1.165, 1.54) is 29.2 Å². The Balaban J connectivity index is 2.70. The fourth-order valence-corrected chi connectivity index (χ4v) is 3.28. The molecule has 0 aromatic heterocycles. The Morgan fingerprint density at radius 3 is 2.33 bits per heavy atom. The van der Waals surface area contributed by atoms with Crippen LogP contribution in [0, 0.1) is 0 Å². The zero-order valence-electron chi connectivity index (χ0n) is 12.1. The Hall–Kier alpha value is -1.25. The molecular weight excluding hydrogens is 312 g/mol. The van der Waals surface area contributed by atoms with Crippen molar-refractivity contribution in [3.63, 3.8) is 0 Å². The normalized spacial score (nSPS) is 12.9. The average Bonchev–Trinajstić information content (AvgIpc) is 2.43. The van der Waals surface area contributed by atoms with Gasteiger partial charge in [-0.05, 0) is 37.2 Å². The van der Waals surface area contributed by atoms with E-state index in [4.69, 9.17) is 5.73 Å². The van der Waals surface area contributed by atoms with Gasteiger partial charge in [-0.25, -0.2) is 8.42 Å². The van der Waals surface area contributed by atoms with Gasteiger partial charge in [0.1, 0.15) is 5.75 Å². The number of carbonyl (C=O) groups excluding carboxylic acids is 1. The molecule has 1 unspecified atom stereocenters. The van der Waals surface area contributed by atoms with E-state index in [0.29, 0.717) is 24.4 Å². The molecule has 0 aliphatic heterocycles. The van der Waals surface area contributed by atoms with Gasteiger partial charge in [0.15, 0.2) is 9.84 Å². The van der Waals surface area contributed by atoms with Crippen molar-refractivity contribution in [2.75, 3.05) is 32.1 Å². The Labute approximate surface area is 127 Å². The Morgan fingerprint density at radius 1 is 1.29 bits per heavy atom. The van der Waals surface area contributed by atoms with Crippen LogP contribution in [-0.4, -0.2) is 55.6 Å². The smallest absolute Gasteiger partial charge is 0.235 e. The minimum Gasteiger partial charge on any atom is -0.345 e. The SMILES string of the molecule is CN(CCCN)C(=O)CS(=O)c1ccc(S(C)(=O)=O)cc1. The molecule has 0 heterocycles. The first-order chi connectivity index (χ1) is 9.75. The van der Waals surface area contributed by atoms with E-state index in [1.807, 2.05) is 0 Å². The molecule has 2 N–H and O–H groups in total. The van der Waals surface area contributed by atoms with Gasteiger partial charge in [-0.1, -0.05) is 0 Å². The maximum absolute atomic E-state index is 12.1. The maximum Gasteiger partial charge on any atom is 0.235 e. The van der Waals surface area contributed by atoms with Gasteiger partial charge in [-0.15, -0.1) is 0 Å². The van der Waals surface area contributed by atoms with E-state index < -0.39 is 20.6 Å². The first kappa shape index (κ1) is 17.8. The second-order valence-corrected chi connectivity index (χ2v) is 8.16. The molecule has 0 saturated heterocycles. The first-order valence-corrected chi connectivity index (χ1v) is 9.59. The molecule has 21 heavy (non-hydrogen) atoms. The van der Waals surface area contributed by atoms with Crippen LogP contribution in [-0.2, 0) is 25.4 Å². The van der Waals surface area contributed by atoms with Gasteiger partial charge in [-0.3, -0.25) is 9.00 Å². The topological polar surface area (TPSA) is 97.5 Å². The summed E-state index contributed by atoms with van der Waals surface area (Å²) in [6.45, 7) is 1.02. The number of benzene rings is 1. The van der Waals surface area contributed by atoms with Crippen LogP contribution in [0.3, 0.4) is 0 Å². The van der Waals surface area contributed by atoms with E-state index in [0.717, 1.165) is 6.26 Å². The van der Waals surface area contributed by atoms with Crippen molar-refractivity contribution in [3.8, 4) is 0 Å². The van der Waals surface area contributed by atoms with Crippen molar-refractivity contribution < 1.29 is 17.4 Å². The third-order valence-corrected chi connectivity index (χ3v) is 5.33. The van der Waals surface area contributed by atoms with Gasteiger partial charge in [-0.2, -0.15) is 0 Å². The third kappa shape index (κ3) is 5.56. The molecule has 1 atom stereocenters. The molecule has 8 heteroatoms. The largest absolute Gasteiger partial charge is 0.345 e. The minimum absolute atomic E-state index is 0.126. The highest BCUT2D eigenvalue weighted by atomic mass is 32.2. The van der Waals surface area contributed by atoms with Crippen LogP contribution in [0.2, 0.25) is 0 Å². The summed E-state index contributed by atoms with van der Waals surface area (Å²) in [5.41, 5.74) is 5.37. The van der Waals surface area contributed by atoms with Gasteiger partial charge in [0, 0.05) is 24.7 Å². The number of hydrogen-bond donors (Lipinski definition) is 1. The molecule has 1 aromatic carbocycles. The van der Waals surface area contributed by atoms with Crippen LogP contribution >= 0.6 is 0 Å². The molecule has 1 rings (SSSR count). The second kappa shape index (κ2) is 7.67. The first-order valence-electron chi connectivity index (χ1n) is 6.38.